The second kappa shape index (κ2) is 5.70. The molecule has 0 amide bonds. The molecule has 0 saturated carbocycles. The van der Waals surface area contributed by atoms with Crippen molar-refractivity contribution in [2.45, 2.75) is 19.0 Å². The van der Waals surface area contributed by atoms with Crippen LogP contribution in [0, 0.1) is 12.8 Å². The van der Waals surface area contributed by atoms with Crippen LogP contribution in [0.3, 0.4) is 0 Å². The summed E-state index contributed by atoms with van der Waals surface area (Å²) in [5.41, 5.74) is 1.30. The van der Waals surface area contributed by atoms with Crippen LogP contribution in [0.15, 0.2) is 54.6 Å². The van der Waals surface area contributed by atoms with Crippen molar-refractivity contribution in [3.8, 4) is 0 Å². The van der Waals surface area contributed by atoms with Gasteiger partial charge in [-0.25, -0.2) is 0 Å². The van der Waals surface area contributed by atoms with E-state index in [2.05, 4.69) is 6.92 Å². The molecule has 2 aromatic carbocycles. The molecule has 0 bridgehead atoms. The topological polar surface area (TPSA) is 0 Å². The first-order chi connectivity index (χ1) is 9.39. The van der Waals surface area contributed by atoms with Crippen molar-refractivity contribution < 1.29 is 13.2 Å². The van der Waals surface area contributed by atoms with Crippen molar-refractivity contribution in [3.05, 3.63) is 78.2 Å². The van der Waals surface area contributed by atoms with E-state index in [1.165, 1.54) is 0 Å². The van der Waals surface area contributed by atoms with Gasteiger partial charge in [-0.15, -0.1) is 0 Å². The van der Waals surface area contributed by atoms with Crippen molar-refractivity contribution in [3.63, 3.8) is 0 Å². The Bertz CT molecular complexity index is 539. The first-order valence-corrected chi connectivity index (χ1v) is 6.45. The molecule has 0 spiro atoms. The summed E-state index contributed by atoms with van der Waals surface area (Å²) in [6, 6.07) is 15.1. The van der Waals surface area contributed by atoms with Crippen LogP contribution in [0.4, 0.5) is 13.2 Å². The predicted octanol–water partition coefficient (Wildman–Crippen LogP) is 5.31. The highest BCUT2D eigenvalue weighted by molar-refractivity contribution is 5.35. The molecule has 3 heteroatoms. The fraction of sp³-hybridized carbons (Fsp3) is 0.235. The van der Waals surface area contributed by atoms with E-state index in [1.807, 2.05) is 37.3 Å². The third kappa shape index (κ3) is 3.21. The Kier molecular flexibility index (Phi) is 4.17. The zero-order valence-electron chi connectivity index (χ0n) is 11.2. The Morgan fingerprint density at radius 1 is 0.850 bits per heavy atom. The number of alkyl halides is 3. The maximum absolute atomic E-state index is 12.6. The molecular weight excluding hydrogens is 261 g/mol. The second-order valence-electron chi connectivity index (χ2n) is 4.99. The molecule has 0 heterocycles. The van der Waals surface area contributed by atoms with Crippen molar-refractivity contribution in [1.29, 1.82) is 0 Å². The summed E-state index contributed by atoms with van der Waals surface area (Å²) < 4.78 is 37.8. The molecule has 2 atom stereocenters. The van der Waals surface area contributed by atoms with Crippen LogP contribution in [-0.2, 0) is 6.18 Å². The van der Waals surface area contributed by atoms with Gasteiger partial charge in [0.2, 0.25) is 0 Å². The van der Waals surface area contributed by atoms with Gasteiger partial charge in [-0.1, -0.05) is 49.4 Å². The SMILES string of the molecule is [CH2]C(C)C(c1ccccc1)c1ccc(C(F)(F)F)cc1. The smallest absolute Gasteiger partial charge is 0.166 e. The van der Waals surface area contributed by atoms with E-state index >= 15 is 0 Å². The molecule has 0 aliphatic carbocycles. The average molecular weight is 277 g/mol. The molecule has 2 unspecified atom stereocenters. The highest BCUT2D eigenvalue weighted by atomic mass is 19.4. The zero-order valence-corrected chi connectivity index (χ0v) is 11.2. The molecule has 2 aromatic rings. The minimum Gasteiger partial charge on any atom is -0.166 e. The quantitative estimate of drug-likeness (QED) is 0.713. The molecule has 0 aliphatic rings. The number of halogens is 3. The van der Waals surface area contributed by atoms with Crippen LogP contribution in [0.1, 0.15) is 29.5 Å². The van der Waals surface area contributed by atoms with Crippen LogP contribution >= 0.6 is 0 Å². The number of benzene rings is 2. The van der Waals surface area contributed by atoms with Gasteiger partial charge in [0.25, 0.3) is 0 Å². The van der Waals surface area contributed by atoms with Crippen molar-refractivity contribution in [1.82, 2.24) is 0 Å². The molecule has 0 fully saturated rings. The monoisotopic (exact) mass is 277 g/mol. The van der Waals surface area contributed by atoms with Gasteiger partial charge in [-0.05, 0) is 36.1 Å². The van der Waals surface area contributed by atoms with Crippen LogP contribution in [-0.4, -0.2) is 0 Å². The summed E-state index contributed by atoms with van der Waals surface area (Å²) in [6.07, 6.45) is -4.29. The average Bonchev–Trinajstić information content (AvgIpc) is 2.39. The van der Waals surface area contributed by atoms with Crippen LogP contribution in [0.2, 0.25) is 0 Å². The van der Waals surface area contributed by atoms with E-state index in [4.69, 9.17) is 0 Å². The molecule has 1 radical (unpaired) electrons. The minimum absolute atomic E-state index is 0.00140. The third-order valence-corrected chi connectivity index (χ3v) is 3.32. The zero-order chi connectivity index (χ0) is 14.8. The fourth-order valence-electron chi connectivity index (χ4n) is 2.39. The largest absolute Gasteiger partial charge is 0.416 e. The summed E-state index contributed by atoms with van der Waals surface area (Å²) in [6.45, 7) is 6.01. The Labute approximate surface area is 117 Å². The standard InChI is InChI=1S/C17H16F3/c1-12(2)16(13-6-4-3-5-7-13)14-8-10-15(11-9-14)17(18,19)20/h3-12,16H,1H2,2H3. The summed E-state index contributed by atoms with van der Waals surface area (Å²) in [5.74, 6) is 0.0626. The fourth-order valence-corrected chi connectivity index (χ4v) is 2.39. The summed E-state index contributed by atoms with van der Waals surface area (Å²) in [5, 5.41) is 0. The van der Waals surface area contributed by atoms with Gasteiger partial charge in [-0.2, -0.15) is 13.2 Å². The maximum Gasteiger partial charge on any atom is 0.416 e. The van der Waals surface area contributed by atoms with Crippen molar-refractivity contribution in [2.75, 3.05) is 0 Å². The number of hydrogen-bond acceptors (Lipinski definition) is 0. The summed E-state index contributed by atoms with van der Waals surface area (Å²) in [7, 11) is 0. The normalized spacial score (nSPS) is 13.5. The lowest BCUT2D eigenvalue weighted by Crippen LogP contribution is -2.10. The summed E-state index contributed by atoms with van der Waals surface area (Å²) in [4.78, 5) is 0. The van der Waals surface area contributed by atoms with Crippen LogP contribution in [0.5, 0.6) is 0 Å². The van der Waals surface area contributed by atoms with Gasteiger partial charge in [0.05, 0.1) is 5.56 Å². The van der Waals surface area contributed by atoms with E-state index in [0.29, 0.717) is 0 Å². The highest BCUT2D eigenvalue weighted by Crippen LogP contribution is 2.34. The van der Waals surface area contributed by atoms with Gasteiger partial charge in [0, 0.05) is 5.92 Å². The first kappa shape index (κ1) is 14.6. The Balaban J connectivity index is 2.37. The predicted molar refractivity (Wildman–Crippen MR) is 74.3 cm³/mol. The molecular formula is C17H16F3. The van der Waals surface area contributed by atoms with Crippen molar-refractivity contribution in [2.24, 2.45) is 5.92 Å². The minimum atomic E-state index is -4.29. The summed E-state index contributed by atoms with van der Waals surface area (Å²) >= 11 is 0. The van der Waals surface area contributed by atoms with E-state index in [1.54, 1.807) is 12.1 Å². The van der Waals surface area contributed by atoms with E-state index in [-0.39, 0.29) is 11.8 Å². The maximum atomic E-state index is 12.6. The third-order valence-electron chi connectivity index (χ3n) is 3.32. The number of hydrogen-bond donors (Lipinski definition) is 0. The Hall–Kier alpha value is -1.77. The Morgan fingerprint density at radius 3 is 1.80 bits per heavy atom. The first-order valence-electron chi connectivity index (χ1n) is 6.45. The van der Waals surface area contributed by atoms with Gasteiger partial charge >= 0.3 is 6.18 Å². The van der Waals surface area contributed by atoms with Gasteiger partial charge < -0.3 is 0 Å². The van der Waals surface area contributed by atoms with Crippen molar-refractivity contribution >= 4 is 0 Å². The van der Waals surface area contributed by atoms with Crippen LogP contribution < -0.4 is 0 Å². The lowest BCUT2D eigenvalue weighted by atomic mass is 9.82. The Morgan fingerprint density at radius 2 is 1.35 bits per heavy atom. The van der Waals surface area contributed by atoms with E-state index in [0.717, 1.165) is 23.3 Å². The lowest BCUT2D eigenvalue weighted by molar-refractivity contribution is -0.137. The molecule has 2 rings (SSSR count). The van der Waals surface area contributed by atoms with Crippen LogP contribution in [0.25, 0.3) is 0 Å². The van der Waals surface area contributed by atoms with E-state index in [9.17, 15) is 13.2 Å². The molecule has 0 aromatic heterocycles. The number of rotatable bonds is 3. The highest BCUT2D eigenvalue weighted by Gasteiger charge is 2.30. The van der Waals surface area contributed by atoms with Gasteiger partial charge in [-0.3, -0.25) is 0 Å². The van der Waals surface area contributed by atoms with E-state index < -0.39 is 11.7 Å². The second-order valence-corrected chi connectivity index (χ2v) is 4.99. The van der Waals surface area contributed by atoms with Gasteiger partial charge in [0.15, 0.2) is 0 Å². The molecule has 20 heavy (non-hydrogen) atoms. The lowest BCUT2D eigenvalue weighted by Gasteiger charge is -2.22. The van der Waals surface area contributed by atoms with Gasteiger partial charge in [0.1, 0.15) is 0 Å². The molecule has 0 nitrogen and oxygen atoms in total. The molecule has 105 valence electrons. The molecule has 0 saturated heterocycles. The molecule has 0 aliphatic heterocycles. The molecule has 0 N–H and O–H groups in total.